The maximum Gasteiger partial charge on any atom is 0.416 e. The number of hydrogen-bond donors (Lipinski definition) is 2. The first-order valence-electron chi connectivity index (χ1n) is 6.92. The number of halogens is 5. The molecule has 0 unspecified atom stereocenters. The van der Waals surface area contributed by atoms with Crippen LogP contribution >= 0.6 is 0 Å². The first-order chi connectivity index (χ1) is 11.3. The predicted octanol–water partition coefficient (Wildman–Crippen LogP) is 4.35. The largest absolute Gasteiger partial charge is 0.416 e. The van der Waals surface area contributed by atoms with E-state index in [0.717, 1.165) is 30.3 Å². The van der Waals surface area contributed by atoms with E-state index in [0.29, 0.717) is 5.56 Å². The summed E-state index contributed by atoms with van der Waals surface area (Å²) in [6.07, 6.45) is -4.28. The van der Waals surface area contributed by atoms with Gasteiger partial charge in [0.15, 0.2) is 0 Å². The van der Waals surface area contributed by atoms with E-state index < -0.39 is 29.4 Å². The number of carbonyl (C=O) groups excluding carboxylic acids is 1. The Kier molecular flexibility index (Phi) is 5.38. The van der Waals surface area contributed by atoms with Crippen LogP contribution in [0.3, 0.4) is 0 Å². The third-order valence-electron chi connectivity index (χ3n) is 3.13. The Morgan fingerprint density at radius 2 is 1.79 bits per heavy atom. The molecule has 2 rings (SSSR count). The molecular weight excluding hydrogens is 331 g/mol. The van der Waals surface area contributed by atoms with Crippen LogP contribution in [0.4, 0.5) is 32.4 Å². The Bertz CT molecular complexity index is 731. The second-order valence-corrected chi connectivity index (χ2v) is 4.95. The van der Waals surface area contributed by atoms with Gasteiger partial charge in [0, 0.05) is 12.6 Å². The average molecular weight is 344 g/mol. The molecule has 128 valence electrons. The molecule has 0 aliphatic heterocycles. The molecule has 0 fully saturated rings. The van der Waals surface area contributed by atoms with E-state index in [-0.39, 0.29) is 18.7 Å². The van der Waals surface area contributed by atoms with Crippen molar-refractivity contribution in [1.82, 2.24) is 5.32 Å². The molecule has 0 aromatic heterocycles. The van der Waals surface area contributed by atoms with Crippen LogP contribution in [-0.4, -0.2) is 12.6 Å². The fourth-order valence-corrected chi connectivity index (χ4v) is 1.98. The summed E-state index contributed by atoms with van der Waals surface area (Å²) in [6.45, 7) is 0.0318. The van der Waals surface area contributed by atoms with Gasteiger partial charge in [-0.3, -0.25) is 0 Å². The lowest BCUT2D eigenvalue weighted by Gasteiger charge is -2.10. The summed E-state index contributed by atoms with van der Waals surface area (Å²) in [6, 6.07) is 6.54. The van der Waals surface area contributed by atoms with Gasteiger partial charge < -0.3 is 10.6 Å². The third kappa shape index (κ3) is 4.94. The Morgan fingerprint density at radius 3 is 2.50 bits per heavy atom. The normalized spacial score (nSPS) is 11.2. The van der Waals surface area contributed by atoms with Crippen molar-refractivity contribution in [2.75, 3.05) is 11.9 Å². The van der Waals surface area contributed by atoms with Crippen molar-refractivity contribution in [3.63, 3.8) is 0 Å². The summed E-state index contributed by atoms with van der Waals surface area (Å²) < 4.78 is 64.1. The SMILES string of the molecule is O=C(NCCc1cccc(C(F)(F)F)c1)Nc1cc(F)ccc1F. The lowest BCUT2D eigenvalue weighted by molar-refractivity contribution is -0.137. The molecule has 0 saturated heterocycles. The van der Waals surface area contributed by atoms with Crippen LogP contribution in [0.15, 0.2) is 42.5 Å². The van der Waals surface area contributed by atoms with E-state index in [9.17, 15) is 26.7 Å². The van der Waals surface area contributed by atoms with E-state index >= 15 is 0 Å². The third-order valence-corrected chi connectivity index (χ3v) is 3.13. The minimum atomic E-state index is -4.43. The number of hydrogen-bond acceptors (Lipinski definition) is 1. The number of anilines is 1. The summed E-state index contributed by atoms with van der Waals surface area (Å²) in [5.74, 6) is -1.51. The van der Waals surface area contributed by atoms with Gasteiger partial charge in [-0.1, -0.05) is 18.2 Å². The fourth-order valence-electron chi connectivity index (χ4n) is 1.98. The first-order valence-corrected chi connectivity index (χ1v) is 6.92. The molecule has 2 aromatic carbocycles. The molecule has 0 bridgehead atoms. The van der Waals surface area contributed by atoms with Gasteiger partial charge in [-0.25, -0.2) is 13.6 Å². The molecule has 8 heteroatoms. The zero-order valence-electron chi connectivity index (χ0n) is 12.3. The maximum absolute atomic E-state index is 13.4. The molecule has 3 nitrogen and oxygen atoms in total. The molecule has 0 atom stereocenters. The maximum atomic E-state index is 13.4. The molecule has 0 aliphatic rings. The van der Waals surface area contributed by atoms with Crippen molar-refractivity contribution in [2.24, 2.45) is 0 Å². The number of urea groups is 1. The molecule has 2 N–H and O–H groups in total. The van der Waals surface area contributed by atoms with Gasteiger partial charge in [0.2, 0.25) is 0 Å². The van der Waals surface area contributed by atoms with E-state index in [1.165, 1.54) is 12.1 Å². The van der Waals surface area contributed by atoms with Crippen LogP contribution < -0.4 is 10.6 Å². The van der Waals surface area contributed by atoms with Gasteiger partial charge in [-0.2, -0.15) is 13.2 Å². The van der Waals surface area contributed by atoms with Crippen LogP contribution in [0.2, 0.25) is 0 Å². The van der Waals surface area contributed by atoms with Crippen molar-refractivity contribution in [1.29, 1.82) is 0 Å². The summed E-state index contributed by atoms with van der Waals surface area (Å²) in [5.41, 5.74) is -0.708. The second kappa shape index (κ2) is 7.29. The number of amides is 2. The first kappa shape index (κ1) is 17.7. The molecule has 0 aliphatic carbocycles. The molecule has 0 saturated carbocycles. The average Bonchev–Trinajstić information content (AvgIpc) is 2.50. The Morgan fingerprint density at radius 1 is 1.04 bits per heavy atom. The highest BCUT2D eigenvalue weighted by Crippen LogP contribution is 2.29. The number of carbonyl (C=O) groups is 1. The summed E-state index contributed by atoms with van der Waals surface area (Å²) in [7, 11) is 0. The minimum absolute atomic E-state index is 0.0318. The van der Waals surface area contributed by atoms with Crippen molar-refractivity contribution in [3.05, 3.63) is 65.2 Å². The predicted molar refractivity (Wildman–Crippen MR) is 78.5 cm³/mol. The number of alkyl halides is 3. The number of benzene rings is 2. The highest BCUT2D eigenvalue weighted by Gasteiger charge is 2.30. The molecular formula is C16H13F5N2O. The van der Waals surface area contributed by atoms with Crippen molar-refractivity contribution in [2.45, 2.75) is 12.6 Å². The van der Waals surface area contributed by atoms with Crippen molar-refractivity contribution >= 4 is 11.7 Å². The van der Waals surface area contributed by atoms with E-state index in [2.05, 4.69) is 10.6 Å². The number of rotatable bonds is 4. The van der Waals surface area contributed by atoms with Gasteiger partial charge >= 0.3 is 12.2 Å². The Balaban J connectivity index is 1.88. The molecule has 24 heavy (non-hydrogen) atoms. The number of nitrogens with one attached hydrogen (secondary N) is 2. The van der Waals surface area contributed by atoms with Gasteiger partial charge in [-0.05, 0) is 30.2 Å². The van der Waals surface area contributed by atoms with Gasteiger partial charge in [0.1, 0.15) is 11.6 Å². The van der Waals surface area contributed by atoms with Crippen LogP contribution in [0, 0.1) is 11.6 Å². The van der Waals surface area contributed by atoms with Crippen LogP contribution in [0.25, 0.3) is 0 Å². The van der Waals surface area contributed by atoms with Gasteiger partial charge in [-0.15, -0.1) is 0 Å². The summed E-state index contributed by atoms with van der Waals surface area (Å²) >= 11 is 0. The van der Waals surface area contributed by atoms with E-state index in [1.54, 1.807) is 0 Å². The monoisotopic (exact) mass is 344 g/mol. The van der Waals surface area contributed by atoms with E-state index in [1.807, 2.05) is 0 Å². The van der Waals surface area contributed by atoms with Crippen molar-refractivity contribution in [3.8, 4) is 0 Å². The second-order valence-electron chi connectivity index (χ2n) is 4.95. The fraction of sp³-hybridized carbons (Fsp3) is 0.188. The smallest absolute Gasteiger partial charge is 0.338 e. The molecule has 0 radical (unpaired) electrons. The summed E-state index contributed by atoms with van der Waals surface area (Å²) in [4.78, 5) is 11.6. The van der Waals surface area contributed by atoms with Crippen LogP contribution in [0.5, 0.6) is 0 Å². The van der Waals surface area contributed by atoms with Crippen molar-refractivity contribution < 1.29 is 26.7 Å². The minimum Gasteiger partial charge on any atom is -0.338 e. The standard InChI is InChI=1S/C16H13F5N2O/c17-12-4-5-13(18)14(9-12)23-15(24)22-7-6-10-2-1-3-11(8-10)16(19,20)21/h1-5,8-9H,6-7H2,(H2,22,23,24). The van der Waals surface area contributed by atoms with Gasteiger partial charge in [0.25, 0.3) is 0 Å². The van der Waals surface area contributed by atoms with Gasteiger partial charge in [0.05, 0.1) is 11.3 Å². The summed E-state index contributed by atoms with van der Waals surface area (Å²) in [5, 5.41) is 4.49. The van der Waals surface area contributed by atoms with Crippen LogP contribution in [0.1, 0.15) is 11.1 Å². The quantitative estimate of drug-likeness (QED) is 0.796. The zero-order chi connectivity index (χ0) is 17.7. The molecule has 2 aromatic rings. The topological polar surface area (TPSA) is 41.1 Å². The van der Waals surface area contributed by atoms with Crippen LogP contribution in [-0.2, 0) is 12.6 Å². The highest BCUT2D eigenvalue weighted by atomic mass is 19.4. The molecule has 2 amide bonds. The Labute approximate surface area is 134 Å². The zero-order valence-corrected chi connectivity index (χ0v) is 12.3. The molecule has 0 heterocycles. The Hall–Kier alpha value is -2.64. The molecule has 0 spiro atoms. The van der Waals surface area contributed by atoms with E-state index in [4.69, 9.17) is 0 Å². The lowest BCUT2D eigenvalue weighted by Crippen LogP contribution is -2.30. The lowest BCUT2D eigenvalue weighted by atomic mass is 10.1. The highest BCUT2D eigenvalue weighted by molar-refractivity contribution is 5.89.